The Bertz CT molecular complexity index is 340. The second-order valence-electron chi connectivity index (χ2n) is 11.1. The Morgan fingerprint density at radius 2 is 0.788 bits per heavy atom. The summed E-state index contributed by atoms with van der Waals surface area (Å²) < 4.78 is 0. The zero-order chi connectivity index (χ0) is 23.7. The summed E-state index contributed by atoms with van der Waals surface area (Å²) in [6, 6.07) is 0. The van der Waals surface area contributed by atoms with E-state index < -0.39 is 0 Å². The van der Waals surface area contributed by atoms with Crippen molar-refractivity contribution in [2.24, 2.45) is 0 Å². The molecule has 33 heavy (non-hydrogen) atoms. The average Bonchev–Trinajstić information content (AvgIpc) is 2.96. The Hall–Kier alpha value is -0.0800. The minimum Gasteiger partial charge on any atom is -0.303 e. The number of hydrogen-bond acceptors (Lipinski definition) is 2. The minimum atomic E-state index is 1.34. The Kier molecular flexibility index (Phi) is 23.5. The van der Waals surface area contributed by atoms with Crippen LogP contribution in [0.5, 0.6) is 0 Å². The van der Waals surface area contributed by atoms with E-state index in [0.29, 0.717) is 0 Å². The van der Waals surface area contributed by atoms with Gasteiger partial charge in [0.15, 0.2) is 0 Å². The SMILES string of the molecule is CCCCCCCCCCN(CCCCCCCCCC)CCCN1CCCCCCCC1. The van der Waals surface area contributed by atoms with E-state index in [1.807, 2.05) is 0 Å². The van der Waals surface area contributed by atoms with Crippen molar-refractivity contribution >= 4 is 0 Å². The Morgan fingerprint density at radius 1 is 0.424 bits per heavy atom. The fourth-order valence-corrected chi connectivity index (χ4v) is 5.51. The number of rotatable bonds is 22. The maximum absolute atomic E-state index is 2.84. The monoisotopic (exact) mass is 465 g/mol. The molecule has 2 nitrogen and oxygen atoms in total. The lowest BCUT2D eigenvalue weighted by Gasteiger charge is -2.26. The molecule has 0 atom stereocenters. The predicted octanol–water partition coefficient (Wildman–Crippen LogP) is 9.62. The van der Waals surface area contributed by atoms with Crippen LogP contribution in [0.2, 0.25) is 0 Å². The summed E-state index contributed by atoms with van der Waals surface area (Å²) >= 11 is 0. The molecule has 0 aromatic heterocycles. The van der Waals surface area contributed by atoms with Gasteiger partial charge >= 0.3 is 0 Å². The van der Waals surface area contributed by atoms with Gasteiger partial charge in [-0.1, -0.05) is 129 Å². The van der Waals surface area contributed by atoms with Crippen LogP contribution in [-0.2, 0) is 0 Å². The Balaban J connectivity index is 2.21. The highest BCUT2D eigenvalue weighted by Crippen LogP contribution is 2.13. The molecule has 1 aliphatic heterocycles. The van der Waals surface area contributed by atoms with Gasteiger partial charge in [-0.05, 0) is 71.4 Å². The zero-order valence-electron chi connectivity index (χ0n) is 23.4. The van der Waals surface area contributed by atoms with E-state index in [1.54, 1.807) is 0 Å². The molecule has 0 aliphatic carbocycles. The summed E-state index contributed by atoms with van der Waals surface area (Å²) in [4.78, 5) is 5.63. The maximum Gasteiger partial charge on any atom is -0.000655 e. The minimum absolute atomic E-state index is 1.34. The first kappa shape index (κ1) is 31.0. The highest BCUT2D eigenvalue weighted by molar-refractivity contribution is 4.65. The van der Waals surface area contributed by atoms with Gasteiger partial charge in [-0.3, -0.25) is 0 Å². The Labute approximate surface area is 210 Å². The molecule has 1 heterocycles. The van der Waals surface area contributed by atoms with Gasteiger partial charge in [0.2, 0.25) is 0 Å². The zero-order valence-corrected chi connectivity index (χ0v) is 23.4. The molecule has 0 amide bonds. The summed E-state index contributed by atoms with van der Waals surface area (Å²) in [5.41, 5.74) is 0. The van der Waals surface area contributed by atoms with Gasteiger partial charge in [0.25, 0.3) is 0 Å². The lowest BCUT2D eigenvalue weighted by atomic mass is 10.1. The lowest BCUT2D eigenvalue weighted by molar-refractivity contribution is 0.218. The molecule has 0 N–H and O–H groups in total. The molecule has 0 aromatic rings. The molecule has 0 unspecified atom stereocenters. The van der Waals surface area contributed by atoms with E-state index in [-0.39, 0.29) is 0 Å². The van der Waals surface area contributed by atoms with E-state index in [1.165, 1.54) is 187 Å². The van der Waals surface area contributed by atoms with E-state index in [2.05, 4.69) is 23.6 Å². The number of unbranched alkanes of at least 4 members (excludes halogenated alkanes) is 14. The molecule has 0 spiro atoms. The van der Waals surface area contributed by atoms with Crippen LogP contribution >= 0.6 is 0 Å². The van der Waals surface area contributed by atoms with Gasteiger partial charge < -0.3 is 9.80 Å². The van der Waals surface area contributed by atoms with Crippen molar-refractivity contribution in [3.63, 3.8) is 0 Å². The summed E-state index contributed by atoms with van der Waals surface area (Å²) in [6.45, 7) is 12.7. The first-order chi connectivity index (χ1) is 16.4. The normalized spacial score (nSPS) is 16.1. The first-order valence-corrected chi connectivity index (χ1v) is 15.8. The van der Waals surface area contributed by atoms with Crippen molar-refractivity contribution in [2.75, 3.05) is 39.3 Å². The highest BCUT2D eigenvalue weighted by Gasteiger charge is 2.09. The molecule has 0 saturated carbocycles. The van der Waals surface area contributed by atoms with Gasteiger partial charge in [-0.25, -0.2) is 0 Å². The van der Waals surface area contributed by atoms with Crippen LogP contribution in [0.1, 0.15) is 162 Å². The van der Waals surface area contributed by atoms with Crippen molar-refractivity contribution in [3.8, 4) is 0 Å². The third kappa shape index (κ3) is 21.0. The molecule has 1 aliphatic rings. The predicted molar refractivity (Wildman–Crippen MR) is 150 cm³/mol. The maximum atomic E-state index is 2.84. The van der Waals surface area contributed by atoms with E-state index in [0.717, 1.165) is 0 Å². The van der Waals surface area contributed by atoms with Crippen molar-refractivity contribution in [2.45, 2.75) is 162 Å². The largest absolute Gasteiger partial charge is 0.303 e. The fraction of sp³-hybridized carbons (Fsp3) is 1.00. The van der Waals surface area contributed by atoms with Gasteiger partial charge in [0.05, 0.1) is 0 Å². The quantitative estimate of drug-likeness (QED) is 0.147. The second kappa shape index (κ2) is 25.0. The third-order valence-corrected chi connectivity index (χ3v) is 7.80. The van der Waals surface area contributed by atoms with Crippen LogP contribution in [-0.4, -0.2) is 49.1 Å². The van der Waals surface area contributed by atoms with Crippen LogP contribution in [0, 0.1) is 0 Å². The molecule has 1 rings (SSSR count). The molecule has 1 saturated heterocycles. The van der Waals surface area contributed by atoms with Crippen LogP contribution in [0.4, 0.5) is 0 Å². The van der Waals surface area contributed by atoms with Gasteiger partial charge in [0.1, 0.15) is 0 Å². The van der Waals surface area contributed by atoms with E-state index in [4.69, 9.17) is 0 Å². The third-order valence-electron chi connectivity index (χ3n) is 7.80. The number of hydrogen-bond donors (Lipinski definition) is 0. The van der Waals surface area contributed by atoms with Crippen molar-refractivity contribution in [1.29, 1.82) is 0 Å². The molecule has 1 fully saturated rings. The van der Waals surface area contributed by atoms with E-state index >= 15 is 0 Å². The van der Waals surface area contributed by atoms with Crippen molar-refractivity contribution in [3.05, 3.63) is 0 Å². The Morgan fingerprint density at radius 3 is 1.24 bits per heavy atom. The summed E-state index contributed by atoms with van der Waals surface area (Å²) in [7, 11) is 0. The van der Waals surface area contributed by atoms with E-state index in [9.17, 15) is 0 Å². The molecule has 198 valence electrons. The molecule has 0 radical (unpaired) electrons. The summed E-state index contributed by atoms with van der Waals surface area (Å²) in [5.74, 6) is 0. The van der Waals surface area contributed by atoms with Gasteiger partial charge in [0, 0.05) is 0 Å². The lowest BCUT2D eigenvalue weighted by Crippen LogP contribution is -2.32. The van der Waals surface area contributed by atoms with Crippen LogP contribution in [0.3, 0.4) is 0 Å². The van der Waals surface area contributed by atoms with Crippen molar-refractivity contribution < 1.29 is 0 Å². The number of nitrogens with zero attached hydrogens (tertiary/aromatic N) is 2. The van der Waals surface area contributed by atoms with Crippen LogP contribution < -0.4 is 0 Å². The summed E-state index contributed by atoms with van der Waals surface area (Å²) in [5, 5.41) is 0. The fourth-order valence-electron chi connectivity index (χ4n) is 5.51. The van der Waals surface area contributed by atoms with Gasteiger partial charge in [-0.15, -0.1) is 0 Å². The average molecular weight is 465 g/mol. The highest BCUT2D eigenvalue weighted by atomic mass is 15.1. The molecule has 0 aromatic carbocycles. The van der Waals surface area contributed by atoms with Crippen LogP contribution in [0.15, 0.2) is 0 Å². The van der Waals surface area contributed by atoms with Crippen LogP contribution in [0.25, 0.3) is 0 Å². The van der Waals surface area contributed by atoms with Crippen molar-refractivity contribution in [1.82, 2.24) is 9.80 Å². The first-order valence-electron chi connectivity index (χ1n) is 15.8. The topological polar surface area (TPSA) is 6.48 Å². The molecular weight excluding hydrogens is 400 g/mol. The molecule has 2 heteroatoms. The second-order valence-corrected chi connectivity index (χ2v) is 11.1. The standard InChI is InChI=1S/C31H64N2/c1-3-5-7-9-11-13-17-21-26-32(27-22-18-14-12-10-8-6-4-2)30-25-31-33-28-23-19-15-16-20-24-29-33/h3-31H2,1-2H3. The molecule has 0 bridgehead atoms. The smallest absolute Gasteiger partial charge is 0.000655 e. The molecular formula is C31H64N2. The van der Waals surface area contributed by atoms with Gasteiger partial charge in [-0.2, -0.15) is 0 Å². The summed E-state index contributed by atoms with van der Waals surface area (Å²) in [6.07, 6.45) is 33.1.